The molecule has 188 valence electrons. The van der Waals surface area contributed by atoms with Crippen molar-refractivity contribution in [3.05, 3.63) is 82.9 Å². The zero-order valence-electron chi connectivity index (χ0n) is 20.3. The number of ether oxygens (including phenoxy) is 2. The Labute approximate surface area is 209 Å². The fourth-order valence-electron chi connectivity index (χ4n) is 5.03. The highest BCUT2D eigenvalue weighted by Gasteiger charge is 2.30. The number of phenols is 2. The van der Waals surface area contributed by atoms with Crippen molar-refractivity contribution < 1.29 is 28.5 Å². The van der Waals surface area contributed by atoms with E-state index in [1.807, 2.05) is 31.2 Å². The highest BCUT2D eigenvalue weighted by Crippen LogP contribution is 2.48. The van der Waals surface area contributed by atoms with E-state index in [4.69, 9.17) is 9.47 Å². The van der Waals surface area contributed by atoms with Gasteiger partial charge in [-0.15, -0.1) is 0 Å². The van der Waals surface area contributed by atoms with Crippen LogP contribution in [0.25, 0.3) is 11.1 Å². The minimum atomic E-state index is -1.04. The number of hydrogen-bond donors (Lipinski definition) is 2. The van der Waals surface area contributed by atoms with Gasteiger partial charge in [-0.05, 0) is 78.9 Å². The zero-order chi connectivity index (χ0) is 25.4. The summed E-state index contributed by atoms with van der Waals surface area (Å²) in [5, 5.41) is 19.6. The van der Waals surface area contributed by atoms with Crippen LogP contribution in [0.15, 0.2) is 54.6 Å². The van der Waals surface area contributed by atoms with Crippen LogP contribution in [0.1, 0.15) is 43.1 Å². The van der Waals surface area contributed by atoms with Crippen molar-refractivity contribution in [2.75, 3.05) is 26.2 Å². The van der Waals surface area contributed by atoms with Crippen LogP contribution in [0, 0.1) is 17.6 Å². The number of halogens is 2. The molecule has 0 radical (unpaired) electrons. The van der Waals surface area contributed by atoms with E-state index in [0.29, 0.717) is 23.5 Å². The fourth-order valence-corrected chi connectivity index (χ4v) is 5.03. The Balaban J connectivity index is 1.44. The van der Waals surface area contributed by atoms with Gasteiger partial charge in [-0.1, -0.05) is 19.1 Å². The lowest BCUT2D eigenvalue weighted by atomic mass is 9.86. The quantitative estimate of drug-likeness (QED) is 0.431. The van der Waals surface area contributed by atoms with Gasteiger partial charge in [0.2, 0.25) is 0 Å². The number of benzene rings is 3. The number of aromatic hydroxyl groups is 2. The first-order chi connectivity index (χ1) is 17.3. The molecule has 2 heterocycles. The summed E-state index contributed by atoms with van der Waals surface area (Å²) in [6.45, 7) is 7.78. The summed E-state index contributed by atoms with van der Waals surface area (Å²) in [6, 6.07) is 14.4. The average Bonchev–Trinajstić information content (AvgIpc) is 3.27. The van der Waals surface area contributed by atoms with E-state index >= 15 is 0 Å². The Bertz CT molecular complexity index is 1280. The lowest BCUT2D eigenvalue weighted by Gasteiger charge is -2.31. The van der Waals surface area contributed by atoms with Gasteiger partial charge in [0.05, 0.1) is 0 Å². The van der Waals surface area contributed by atoms with Crippen LogP contribution < -0.4 is 9.47 Å². The van der Waals surface area contributed by atoms with E-state index in [1.54, 1.807) is 6.07 Å². The summed E-state index contributed by atoms with van der Waals surface area (Å²) in [4.78, 5) is 2.40. The molecule has 2 aliphatic heterocycles. The molecule has 2 aliphatic rings. The molecule has 0 bridgehead atoms. The minimum Gasteiger partial charge on any atom is -0.508 e. The third-order valence-electron chi connectivity index (χ3n) is 6.98. The maximum absolute atomic E-state index is 14.3. The summed E-state index contributed by atoms with van der Waals surface area (Å²) < 4.78 is 40.8. The third kappa shape index (κ3) is 4.75. The van der Waals surface area contributed by atoms with Crippen LogP contribution in [-0.2, 0) is 0 Å². The van der Waals surface area contributed by atoms with Crippen LogP contribution >= 0.6 is 0 Å². The highest BCUT2D eigenvalue weighted by atomic mass is 19.1. The molecule has 2 N–H and O–H groups in total. The molecule has 0 aliphatic carbocycles. The predicted octanol–water partition coefficient (Wildman–Crippen LogP) is 6.16. The number of allylic oxidation sites excluding steroid dienone is 1. The Morgan fingerprint density at radius 1 is 1.03 bits per heavy atom. The highest BCUT2D eigenvalue weighted by molar-refractivity contribution is 5.95. The van der Waals surface area contributed by atoms with E-state index in [0.717, 1.165) is 54.6 Å². The summed E-state index contributed by atoms with van der Waals surface area (Å²) >= 11 is 0. The molecule has 0 amide bonds. The summed E-state index contributed by atoms with van der Waals surface area (Å²) in [5.41, 5.74) is 3.06. The Kier molecular flexibility index (Phi) is 6.58. The first-order valence-electron chi connectivity index (χ1n) is 12.1. The lowest BCUT2D eigenvalue weighted by molar-refractivity contribution is 0.233. The molecular formula is C29H29F2NO4. The van der Waals surface area contributed by atoms with Crippen molar-refractivity contribution in [3.63, 3.8) is 0 Å². The van der Waals surface area contributed by atoms with Gasteiger partial charge in [0.1, 0.15) is 30.0 Å². The van der Waals surface area contributed by atoms with E-state index in [1.165, 1.54) is 18.6 Å². The van der Waals surface area contributed by atoms with Crippen LogP contribution in [0.5, 0.6) is 23.0 Å². The molecule has 1 unspecified atom stereocenters. The molecule has 3 aromatic carbocycles. The largest absolute Gasteiger partial charge is 0.508 e. The second-order valence-corrected chi connectivity index (χ2v) is 9.62. The topological polar surface area (TPSA) is 62.2 Å². The second-order valence-electron chi connectivity index (χ2n) is 9.62. The first kappa shape index (κ1) is 24.1. The Morgan fingerprint density at radius 3 is 2.42 bits per heavy atom. The molecule has 3 aromatic rings. The van der Waals surface area contributed by atoms with Crippen LogP contribution in [0.3, 0.4) is 0 Å². The maximum atomic E-state index is 14.3. The van der Waals surface area contributed by atoms with E-state index in [2.05, 4.69) is 11.8 Å². The monoisotopic (exact) mass is 493 g/mol. The van der Waals surface area contributed by atoms with Crippen molar-refractivity contribution in [3.8, 4) is 23.0 Å². The Hall–Kier alpha value is -3.58. The van der Waals surface area contributed by atoms with Crippen LogP contribution in [0.2, 0.25) is 0 Å². The second kappa shape index (κ2) is 9.82. The predicted molar refractivity (Wildman–Crippen MR) is 134 cm³/mol. The van der Waals surface area contributed by atoms with Crippen LogP contribution in [0.4, 0.5) is 8.78 Å². The van der Waals surface area contributed by atoms with Gasteiger partial charge in [0, 0.05) is 30.3 Å². The van der Waals surface area contributed by atoms with Gasteiger partial charge >= 0.3 is 0 Å². The molecule has 0 saturated carbocycles. The van der Waals surface area contributed by atoms with E-state index in [9.17, 15) is 19.0 Å². The van der Waals surface area contributed by atoms with Crippen molar-refractivity contribution in [2.24, 2.45) is 5.92 Å². The molecule has 5 rings (SSSR count). The number of hydrogen-bond acceptors (Lipinski definition) is 5. The molecule has 2 atom stereocenters. The van der Waals surface area contributed by atoms with Gasteiger partial charge in [-0.2, -0.15) is 0 Å². The van der Waals surface area contributed by atoms with Crippen LogP contribution in [-0.4, -0.2) is 41.4 Å². The first-order valence-corrected chi connectivity index (χ1v) is 12.1. The summed E-state index contributed by atoms with van der Waals surface area (Å²) in [7, 11) is 0. The number of rotatable bonds is 6. The van der Waals surface area contributed by atoms with E-state index < -0.39 is 23.5 Å². The molecule has 36 heavy (non-hydrogen) atoms. The fraction of sp³-hybridized carbons (Fsp3) is 0.310. The zero-order valence-corrected chi connectivity index (χ0v) is 20.3. The average molecular weight is 494 g/mol. The lowest BCUT2D eigenvalue weighted by Crippen LogP contribution is -2.25. The van der Waals surface area contributed by atoms with Gasteiger partial charge in [0.15, 0.2) is 17.4 Å². The molecule has 0 spiro atoms. The summed E-state index contributed by atoms with van der Waals surface area (Å²) in [6.07, 6.45) is 0.531. The third-order valence-corrected chi connectivity index (χ3v) is 6.98. The molecule has 1 saturated heterocycles. The smallest absolute Gasteiger partial charge is 0.187 e. The molecule has 1 fully saturated rings. The molecular weight excluding hydrogens is 464 g/mol. The SMILES string of the molecule is CC1=C(c2cc(F)c(O)c(F)c2)C(c2ccc(OCCN3CC[C@@H](C)C3)cc2)Oc2cc(O)ccc21. The Morgan fingerprint density at radius 2 is 1.75 bits per heavy atom. The maximum Gasteiger partial charge on any atom is 0.187 e. The van der Waals surface area contributed by atoms with Crippen molar-refractivity contribution in [1.82, 2.24) is 4.90 Å². The van der Waals surface area contributed by atoms with Gasteiger partial charge in [0.25, 0.3) is 0 Å². The normalized spacial score (nSPS) is 19.8. The van der Waals surface area contributed by atoms with Crippen molar-refractivity contribution in [2.45, 2.75) is 26.4 Å². The molecule has 0 aromatic heterocycles. The van der Waals surface area contributed by atoms with E-state index in [-0.39, 0.29) is 11.3 Å². The minimum absolute atomic E-state index is 0.0571. The number of fused-ring (bicyclic) bond motifs is 1. The molecule has 7 heteroatoms. The molecule has 5 nitrogen and oxygen atoms in total. The number of likely N-dealkylation sites (tertiary alicyclic amines) is 1. The van der Waals surface area contributed by atoms with Gasteiger partial charge in [-0.25, -0.2) is 8.78 Å². The van der Waals surface area contributed by atoms with Gasteiger partial charge < -0.3 is 19.7 Å². The summed E-state index contributed by atoms with van der Waals surface area (Å²) in [5.74, 6) is -1.12. The van der Waals surface area contributed by atoms with Gasteiger partial charge in [-0.3, -0.25) is 4.90 Å². The number of phenolic OH excluding ortho intramolecular Hbond substituents is 2. The van der Waals surface area contributed by atoms with Crippen molar-refractivity contribution in [1.29, 1.82) is 0 Å². The van der Waals surface area contributed by atoms with Crippen molar-refractivity contribution >= 4 is 11.1 Å². The number of nitrogens with zero attached hydrogens (tertiary/aromatic N) is 1. The standard InChI is InChI=1S/C29H29F2NO4/c1-17-9-10-32(16-17)11-12-35-22-6-3-19(4-7-22)29-27(20-13-24(30)28(34)25(31)14-20)18(2)23-8-5-21(33)15-26(23)36-29/h3-8,13-15,17,29,33-34H,9-12,16H2,1-2H3/t17-,29?/m1/s1.